The van der Waals surface area contributed by atoms with Crippen LogP contribution in [-0.2, 0) is 6.54 Å². The van der Waals surface area contributed by atoms with E-state index in [1.54, 1.807) is 12.3 Å². The molecule has 3 aromatic rings. The first-order valence-electron chi connectivity index (χ1n) is 8.59. The number of aromatic nitrogens is 6. The van der Waals surface area contributed by atoms with E-state index in [1.165, 1.54) is 6.92 Å². The maximum atomic E-state index is 11.7. The van der Waals surface area contributed by atoms with Crippen LogP contribution in [0, 0.1) is 6.92 Å². The van der Waals surface area contributed by atoms with Gasteiger partial charge in [-0.15, -0.1) is 0 Å². The zero-order valence-electron chi connectivity index (χ0n) is 15.2. The molecule has 8 nitrogen and oxygen atoms in total. The van der Waals surface area contributed by atoms with Crippen LogP contribution >= 0.6 is 0 Å². The molecule has 0 fully saturated rings. The van der Waals surface area contributed by atoms with Gasteiger partial charge >= 0.3 is 0 Å². The van der Waals surface area contributed by atoms with E-state index in [2.05, 4.69) is 28.9 Å². The monoisotopic (exact) mass is 352 g/mol. The summed E-state index contributed by atoms with van der Waals surface area (Å²) < 4.78 is 9.67. The third-order valence-corrected chi connectivity index (χ3v) is 4.29. The van der Waals surface area contributed by atoms with E-state index in [0.717, 1.165) is 22.9 Å². The molecule has 0 aliphatic carbocycles. The number of carbonyl (C=O) groups excluding carboxylic acids is 1. The van der Waals surface area contributed by atoms with Gasteiger partial charge in [0.05, 0.1) is 18.3 Å². The Hall–Kier alpha value is -3.03. The van der Waals surface area contributed by atoms with Crippen molar-refractivity contribution in [1.82, 2.24) is 29.3 Å². The van der Waals surface area contributed by atoms with E-state index in [1.807, 2.05) is 22.4 Å². The Morgan fingerprint density at radius 1 is 1.27 bits per heavy atom. The highest BCUT2D eigenvalue weighted by atomic mass is 16.5. The number of imidazole rings is 1. The number of aryl methyl sites for hydroxylation is 1. The van der Waals surface area contributed by atoms with Crippen LogP contribution < -0.4 is 4.74 Å². The number of nitrogens with zero attached hydrogens (tertiary/aromatic N) is 6. The first-order valence-corrected chi connectivity index (χ1v) is 8.59. The molecule has 0 spiro atoms. The first-order chi connectivity index (χ1) is 12.4. The third-order valence-electron chi connectivity index (χ3n) is 4.29. The summed E-state index contributed by atoms with van der Waals surface area (Å²) in [6, 6.07) is 1.92. The molecule has 0 aromatic carbocycles. The Labute approximate surface area is 150 Å². The second-order valence-electron chi connectivity index (χ2n) is 6.63. The summed E-state index contributed by atoms with van der Waals surface area (Å²) in [5, 5.41) is 4.47. The van der Waals surface area contributed by atoms with Crippen molar-refractivity contribution in [3.63, 3.8) is 0 Å². The zero-order chi connectivity index (χ0) is 18.4. The molecular formula is C18H20N6O2. The van der Waals surface area contributed by atoms with Gasteiger partial charge in [-0.25, -0.2) is 19.6 Å². The van der Waals surface area contributed by atoms with Crippen LogP contribution in [0.4, 0.5) is 0 Å². The predicted octanol–water partition coefficient (Wildman–Crippen LogP) is 2.69. The summed E-state index contributed by atoms with van der Waals surface area (Å²) in [6.45, 7) is 8.66. The van der Waals surface area contributed by atoms with Crippen molar-refractivity contribution in [2.75, 3.05) is 6.61 Å². The first kappa shape index (κ1) is 16.4. The molecule has 1 aliphatic rings. The van der Waals surface area contributed by atoms with Crippen LogP contribution in [0.3, 0.4) is 0 Å². The third kappa shape index (κ3) is 2.67. The van der Waals surface area contributed by atoms with Gasteiger partial charge < -0.3 is 9.30 Å². The molecule has 4 heterocycles. The SMILES string of the molecule is CC(=O)c1cc2c(cn1)OCCn1cc(-c3nc(C)nn3C(C)C)nc1-2. The van der Waals surface area contributed by atoms with Gasteiger partial charge in [0.15, 0.2) is 11.6 Å². The maximum absolute atomic E-state index is 11.7. The molecule has 8 heteroatoms. The average Bonchev–Trinajstić information content (AvgIpc) is 3.14. The Balaban J connectivity index is 1.88. The van der Waals surface area contributed by atoms with Gasteiger partial charge in [-0.05, 0) is 26.8 Å². The highest BCUT2D eigenvalue weighted by molar-refractivity contribution is 5.93. The molecule has 1 aliphatic heterocycles. The van der Waals surface area contributed by atoms with Crippen LogP contribution in [0.2, 0.25) is 0 Å². The van der Waals surface area contributed by atoms with E-state index in [4.69, 9.17) is 9.72 Å². The van der Waals surface area contributed by atoms with Crippen LogP contribution in [0.15, 0.2) is 18.5 Å². The Bertz CT molecular complexity index is 1000. The molecule has 3 aromatic heterocycles. The lowest BCUT2D eigenvalue weighted by Gasteiger charge is -2.08. The highest BCUT2D eigenvalue weighted by Crippen LogP contribution is 2.34. The summed E-state index contributed by atoms with van der Waals surface area (Å²) in [5.74, 6) is 2.73. The average molecular weight is 352 g/mol. The largest absolute Gasteiger partial charge is 0.489 e. The number of pyridine rings is 1. The summed E-state index contributed by atoms with van der Waals surface area (Å²) in [6.07, 6.45) is 3.56. The molecule has 0 saturated heterocycles. The van der Waals surface area contributed by atoms with Crippen LogP contribution in [0.25, 0.3) is 22.9 Å². The molecule has 0 bridgehead atoms. The van der Waals surface area contributed by atoms with Crippen molar-refractivity contribution >= 4 is 5.78 Å². The van der Waals surface area contributed by atoms with Crippen molar-refractivity contribution in [2.24, 2.45) is 0 Å². The number of hydrogen-bond acceptors (Lipinski definition) is 6. The van der Waals surface area contributed by atoms with Gasteiger partial charge in [-0.2, -0.15) is 5.10 Å². The molecular weight excluding hydrogens is 332 g/mol. The minimum atomic E-state index is -0.0921. The number of Topliss-reactive ketones (excluding diaryl/α,β-unsaturated/α-hetero) is 1. The number of hydrogen-bond donors (Lipinski definition) is 0. The summed E-state index contributed by atoms with van der Waals surface area (Å²) >= 11 is 0. The quantitative estimate of drug-likeness (QED) is 0.674. The number of ketones is 1. The van der Waals surface area contributed by atoms with Gasteiger partial charge in [0.2, 0.25) is 0 Å². The van der Waals surface area contributed by atoms with Crippen molar-refractivity contribution in [3.05, 3.63) is 30.0 Å². The lowest BCUT2D eigenvalue weighted by atomic mass is 10.1. The Kier molecular flexibility index (Phi) is 3.82. The molecule has 0 amide bonds. The van der Waals surface area contributed by atoms with E-state index < -0.39 is 0 Å². The standard InChI is InChI=1S/C18H20N6O2/c1-10(2)24-18(20-12(4)22-24)15-9-23-5-6-26-16-8-19-14(11(3)25)7-13(16)17(23)21-15/h7-10H,5-6H2,1-4H3. The Morgan fingerprint density at radius 2 is 2.08 bits per heavy atom. The molecule has 0 unspecified atom stereocenters. The summed E-state index contributed by atoms with van der Waals surface area (Å²) in [5.41, 5.74) is 1.91. The van der Waals surface area contributed by atoms with Gasteiger partial charge in [0.25, 0.3) is 0 Å². The highest BCUT2D eigenvalue weighted by Gasteiger charge is 2.23. The van der Waals surface area contributed by atoms with Crippen LogP contribution in [0.1, 0.15) is 43.1 Å². The maximum Gasteiger partial charge on any atom is 0.178 e. The van der Waals surface area contributed by atoms with E-state index in [9.17, 15) is 4.79 Å². The fourth-order valence-electron chi connectivity index (χ4n) is 3.05. The van der Waals surface area contributed by atoms with Crippen molar-refractivity contribution in [1.29, 1.82) is 0 Å². The lowest BCUT2D eigenvalue weighted by Crippen LogP contribution is -2.06. The summed E-state index contributed by atoms with van der Waals surface area (Å²) in [7, 11) is 0. The number of ether oxygens (including phenoxy) is 1. The molecule has 0 atom stereocenters. The van der Waals surface area contributed by atoms with Gasteiger partial charge in [-0.3, -0.25) is 4.79 Å². The molecule has 134 valence electrons. The topological polar surface area (TPSA) is 87.7 Å². The smallest absolute Gasteiger partial charge is 0.178 e. The van der Waals surface area contributed by atoms with Gasteiger partial charge in [0.1, 0.15) is 35.4 Å². The number of carbonyl (C=O) groups is 1. The van der Waals surface area contributed by atoms with E-state index in [0.29, 0.717) is 30.4 Å². The normalized spacial score (nSPS) is 13.1. The molecule has 0 saturated carbocycles. The minimum Gasteiger partial charge on any atom is -0.489 e. The predicted molar refractivity (Wildman–Crippen MR) is 95.1 cm³/mol. The second-order valence-corrected chi connectivity index (χ2v) is 6.63. The van der Waals surface area contributed by atoms with Crippen molar-refractivity contribution in [2.45, 2.75) is 40.3 Å². The minimum absolute atomic E-state index is 0.0921. The molecule has 26 heavy (non-hydrogen) atoms. The van der Waals surface area contributed by atoms with E-state index >= 15 is 0 Å². The molecule has 4 rings (SSSR count). The Morgan fingerprint density at radius 3 is 2.81 bits per heavy atom. The van der Waals surface area contributed by atoms with Crippen molar-refractivity contribution in [3.8, 4) is 28.7 Å². The van der Waals surface area contributed by atoms with Gasteiger partial charge in [-0.1, -0.05) is 0 Å². The zero-order valence-corrected chi connectivity index (χ0v) is 15.2. The van der Waals surface area contributed by atoms with E-state index in [-0.39, 0.29) is 11.8 Å². The summed E-state index contributed by atoms with van der Waals surface area (Å²) in [4.78, 5) is 25.2. The molecule has 0 radical (unpaired) electrons. The number of rotatable bonds is 3. The fraction of sp³-hybridized carbons (Fsp3) is 0.389. The lowest BCUT2D eigenvalue weighted by molar-refractivity contribution is 0.101. The fourth-order valence-corrected chi connectivity index (χ4v) is 3.05. The van der Waals surface area contributed by atoms with Crippen molar-refractivity contribution < 1.29 is 9.53 Å². The van der Waals surface area contributed by atoms with Crippen LogP contribution in [0.5, 0.6) is 5.75 Å². The number of fused-ring (bicyclic) bond motifs is 3. The van der Waals surface area contributed by atoms with Gasteiger partial charge in [0, 0.05) is 19.2 Å². The second kappa shape index (κ2) is 6.05. The van der Waals surface area contributed by atoms with Crippen LogP contribution in [-0.4, -0.2) is 41.7 Å². The molecule has 0 N–H and O–H groups in total.